The van der Waals surface area contributed by atoms with Crippen molar-refractivity contribution < 1.29 is 0 Å². The topological polar surface area (TPSA) is 100 Å². The maximum absolute atomic E-state index is 5.52. The molecule has 0 bridgehead atoms. The predicted molar refractivity (Wildman–Crippen MR) is 143 cm³/mol. The lowest BCUT2D eigenvalue weighted by Gasteiger charge is -2.12. The van der Waals surface area contributed by atoms with Crippen LogP contribution in [0.15, 0.2) is 35.7 Å². The number of halogens is 1. The fourth-order valence-corrected chi connectivity index (χ4v) is 4.11. The number of benzene rings is 1. The van der Waals surface area contributed by atoms with Crippen LogP contribution in [-0.4, -0.2) is 52.4 Å². The summed E-state index contributed by atoms with van der Waals surface area (Å²) in [5.41, 5.74) is 15.1. The van der Waals surface area contributed by atoms with Gasteiger partial charge in [0.15, 0.2) is 0 Å². The van der Waals surface area contributed by atoms with Gasteiger partial charge >= 0.3 is 0 Å². The van der Waals surface area contributed by atoms with Gasteiger partial charge in [-0.1, -0.05) is 12.1 Å². The molecule has 0 aliphatic rings. The second kappa shape index (κ2) is 19.4. The Kier molecular flexibility index (Phi) is 17.6. The highest BCUT2D eigenvalue weighted by Crippen LogP contribution is 2.27. The molecule has 1 aromatic heterocycles. The summed E-state index contributed by atoms with van der Waals surface area (Å²) in [6.45, 7) is 9.46. The zero-order chi connectivity index (χ0) is 22.0. The van der Waals surface area contributed by atoms with Gasteiger partial charge in [-0.2, -0.15) is 0 Å². The first-order valence-electron chi connectivity index (χ1n) is 11.7. The molecular formula is C24H43ClN6S. The highest BCUT2D eigenvalue weighted by atomic mass is 35.5. The second-order valence-corrected chi connectivity index (χ2v) is 8.81. The molecule has 6 nitrogen and oxygen atoms in total. The molecule has 1 aromatic carbocycles. The van der Waals surface area contributed by atoms with Crippen molar-refractivity contribution in [3.05, 3.63) is 46.8 Å². The molecule has 0 aliphatic heterocycles. The number of nitrogens with two attached hydrogens (primary N) is 2. The monoisotopic (exact) mass is 482 g/mol. The molecule has 0 radical (unpaired) electrons. The Hall–Kier alpha value is -1.03. The van der Waals surface area contributed by atoms with E-state index in [1.54, 1.807) is 11.3 Å². The Bertz CT molecular complexity index is 645. The third-order valence-corrected chi connectivity index (χ3v) is 5.97. The van der Waals surface area contributed by atoms with Crippen LogP contribution < -0.4 is 32.7 Å². The van der Waals surface area contributed by atoms with Crippen LogP contribution in [0.25, 0.3) is 10.4 Å². The molecule has 2 aromatic rings. The Morgan fingerprint density at radius 3 is 1.62 bits per heavy atom. The molecule has 0 saturated heterocycles. The average Bonchev–Trinajstić information content (AvgIpc) is 3.32. The van der Waals surface area contributed by atoms with Crippen molar-refractivity contribution in [2.45, 2.75) is 38.8 Å². The van der Waals surface area contributed by atoms with Gasteiger partial charge in [0.2, 0.25) is 0 Å². The normalized spacial score (nSPS) is 10.9. The van der Waals surface area contributed by atoms with Crippen molar-refractivity contribution in [1.82, 2.24) is 21.3 Å². The van der Waals surface area contributed by atoms with Gasteiger partial charge in [-0.25, -0.2) is 0 Å². The van der Waals surface area contributed by atoms with Crippen molar-refractivity contribution in [2.75, 3.05) is 52.4 Å². The van der Waals surface area contributed by atoms with Crippen molar-refractivity contribution in [1.29, 1.82) is 0 Å². The Balaban J connectivity index is 0.00000512. The zero-order valence-electron chi connectivity index (χ0n) is 19.3. The van der Waals surface area contributed by atoms with E-state index in [4.69, 9.17) is 11.5 Å². The molecule has 0 amide bonds. The van der Waals surface area contributed by atoms with E-state index >= 15 is 0 Å². The first-order valence-corrected chi connectivity index (χ1v) is 12.6. The standard InChI is InChI=1S/C24H42N6S.ClH/c25-7-2-9-27-11-4-13-29-19-21-16-22(18-23(17-21)24-6-1-15-31-24)20-30-14-5-12-28-10-3-8-26;/h1,6,15-18,27-30H,2-5,7-14,19-20,25-26H2;1H. The number of thiophene rings is 1. The number of rotatable bonds is 19. The lowest BCUT2D eigenvalue weighted by Crippen LogP contribution is -2.24. The fraction of sp³-hybridized carbons (Fsp3) is 0.583. The van der Waals surface area contributed by atoms with Crippen LogP contribution in [-0.2, 0) is 13.1 Å². The summed E-state index contributed by atoms with van der Waals surface area (Å²) in [5.74, 6) is 0. The van der Waals surface area contributed by atoms with Gasteiger partial charge in [-0.3, -0.25) is 0 Å². The van der Waals surface area contributed by atoms with E-state index in [9.17, 15) is 0 Å². The predicted octanol–water partition coefficient (Wildman–Crippen LogP) is 2.67. The molecule has 1 heterocycles. The van der Waals surface area contributed by atoms with Gasteiger partial charge in [0.25, 0.3) is 0 Å². The summed E-state index contributed by atoms with van der Waals surface area (Å²) in [6, 6.07) is 11.3. The van der Waals surface area contributed by atoms with Gasteiger partial charge in [-0.15, -0.1) is 23.7 Å². The molecule has 0 unspecified atom stereocenters. The van der Waals surface area contributed by atoms with Crippen LogP contribution in [0.1, 0.15) is 36.8 Å². The van der Waals surface area contributed by atoms with E-state index in [1.165, 1.54) is 21.6 Å². The largest absolute Gasteiger partial charge is 0.330 e. The van der Waals surface area contributed by atoms with Crippen LogP contribution in [0.3, 0.4) is 0 Å². The van der Waals surface area contributed by atoms with Crippen molar-refractivity contribution in [3.63, 3.8) is 0 Å². The van der Waals surface area contributed by atoms with Crippen LogP contribution in [0.5, 0.6) is 0 Å². The van der Waals surface area contributed by atoms with E-state index in [0.717, 1.165) is 91.1 Å². The van der Waals surface area contributed by atoms with Gasteiger partial charge in [-0.05, 0) is 118 Å². The minimum absolute atomic E-state index is 0. The summed E-state index contributed by atoms with van der Waals surface area (Å²) in [7, 11) is 0. The summed E-state index contributed by atoms with van der Waals surface area (Å²) >= 11 is 1.80. The summed E-state index contributed by atoms with van der Waals surface area (Å²) in [4.78, 5) is 1.33. The molecule has 0 spiro atoms. The van der Waals surface area contributed by atoms with Crippen LogP contribution >= 0.6 is 23.7 Å². The third-order valence-electron chi connectivity index (χ3n) is 5.05. The molecule has 8 N–H and O–H groups in total. The lowest BCUT2D eigenvalue weighted by molar-refractivity contribution is 0.583. The van der Waals surface area contributed by atoms with E-state index in [2.05, 4.69) is 57.0 Å². The van der Waals surface area contributed by atoms with Crippen molar-refractivity contribution in [3.8, 4) is 10.4 Å². The SMILES string of the molecule is Cl.NCCCNCCCNCc1cc(CNCCCNCCCN)cc(-c2cccs2)c1. The number of hydrogen-bond acceptors (Lipinski definition) is 7. The molecule has 8 heteroatoms. The number of nitrogens with one attached hydrogen (secondary N) is 4. The summed E-state index contributed by atoms with van der Waals surface area (Å²) < 4.78 is 0. The van der Waals surface area contributed by atoms with Crippen LogP contribution in [0.4, 0.5) is 0 Å². The molecule has 32 heavy (non-hydrogen) atoms. The number of hydrogen-bond donors (Lipinski definition) is 6. The maximum atomic E-state index is 5.52. The fourth-order valence-electron chi connectivity index (χ4n) is 3.40. The first kappa shape index (κ1) is 29.0. The molecule has 0 aliphatic carbocycles. The van der Waals surface area contributed by atoms with Gasteiger partial charge in [0.05, 0.1) is 0 Å². The highest BCUT2D eigenvalue weighted by Gasteiger charge is 2.05. The minimum atomic E-state index is 0. The molecule has 0 atom stereocenters. The summed E-state index contributed by atoms with van der Waals surface area (Å²) in [6.07, 6.45) is 4.35. The van der Waals surface area contributed by atoms with Crippen LogP contribution in [0.2, 0.25) is 0 Å². The maximum Gasteiger partial charge on any atom is 0.0342 e. The molecular weight excluding hydrogens is 440 g/mol. The quantitative estimate of drug-likeness (QED) is 0.172. The molecule has 2 rings (SSSR count). The van der Waals surface area contributed by atoms with Gasteiger partial charge in [0.1, 0.15) is 0 Å². The van der Waals surface area contributed by atoms with E-state index in [1.807, 2.05) is 0 Å². The molecule has 0 saturated carbocycles. The van der Waals surface area contributed by atoms with Gasteiger partial charge < -0.3 is 32.7 Å². The van der Waals surface area contributed by atoms with E-state index in [-0.39, 0.29) is 12.4 Å². The first-order chi connectivity index (χ1) is 15.3. The van der Waals surface area contributed by atoms with E-state index < -0.39 is 0 Å². The smallest absolute Gasteiger partial charge is 0.0342 e. The highest BCUT2D eigenvalue weighted by molar-refractivity contribution is 7.13. The summed E-state index contributed by atoms with van der Waals surface area (Å²) in [5, 5.41) is 16.2. The lowest BCUT2D eigenvalue weighted by atomic mass is 10.0. The zero-order valence-corrected chi connectivity index (χ0v) is 21.0. The Labute approximate surface area is 204 Å². The Morgan fingerprint density at radius 2 is 1.16 bits per heavy atom. The average molecular weight is 483 g/mol. The van der Waals surface area contributed by atoms with Crippen molar-refractivity contribution >= 4 is 23.7 Å². The molecule has 0 fully saturated rings. The van der Waals surface area contributed by atoms with E-state index in [0.29, 0.717) is 0 Å². The van der Waals surface area contributed by atoms with Crippen molar-refractivity contribution in [2.24, 2.45) is 11.5 Å². The van der Waals surface area contributed by atoms with Crippen LogP contribution in [0, 0.1) is 0 Å². The second-order valence-electron chi connectivity index (χ2n) is 7.86. The third kappa shape index (κ3) is 12.9. The minimum Gasteiger partial charge on any atom is -0.330 e. The van der Waals surface area contributed by atoms with Gasteiger partial charge in [0, 0.05) is 18.0 Å². The Morgan fingerprint density at radius 1 is 0.656 bits per heavy atom. The molecule has 182 valence electrons.